The molecule has 138 valence electrons. The normalized spacial score (nSPS) is 16.1. The van der Waals surface area contributed by atoms with E-state index in [1.807, 2.05) is 22.4 Å². The highest BCUT2D eigenvalue weighted by molar-refractivity contribution is 7.99. The van der Waals surface area contributed by atoms with E-state index in [1.54, 1.807) is 12.4 Å². The maximum Gasteiger partial charge on any atom is 0.210 e. The first-order valence-electron chi connectivity index (χ1n) is 8.94. The van der Waals surface area contributed by atoms with Crippen molar-refractivity contribution in [1.82, 2.24) is 19.6 Å². The van der Waals surface area contributed by atoms with Crippen LogP contribution in [0.2, 0.25) is 0 Å². The molecule has 4 heterocycles. The third-order valence-electron chi connectivity index (χ3n) is 5.01. The van der Waals surface area contributed by atoms with Gasteiger partial charge in [-0.25, -0.2) is 9.37 Å². The van der Waals surface area contributed by atoms with Crippen LogP contribution in [-0.2, 0) is 13.0 Å². The quantitative estimate of drug-likeness (QED) is 0.746. The van der Waals surface area contributed by atoms with Crippen molar-refractivity contribution in [2.24, 2.45) is 0 Å². The van der Waals surface area contributed by atoms with Crippen LogP contribution in [-0.4, -0.2) is 37.7 Å². The summed E-state index contributed by atoms with van der Waals surface area (Å²) in [7, 11) is 0. The van der Waals surface area contributed by atoms with Gasteiger partial charge in [0.1, 0.15) is 17.9 Å². The van der Waals surface area contributed by atoms with Crippen LogP contribution in [0.3, 0.4) is 0 Å². The summed E-state index contributed by atoms with van der Waals surface area (Å²) in [6.07, 6.45) is 7.44. The number of nitrogens with zero attached hydrogens (tertiary/aromatic N) is 4. The molecule has 2 aliphatic heterocycles. The standard InChI is InChI=1S/C19H18FN5OS/c20-16-1-2-17-13(3-6-26-17)15(16)10-22-19-21-9-14(12-4-7-27-8-5-12)18-24-23-11-25(18)19/h1-2,4,9,11H,3,5-8,10H2,(H,21,22). The average Bonchev–Trinajstić information content (AvgIpc) is 3.37. The second kappa shape index (κ2) is 6.84. The molecule has 0 aliphatic carbocycles. The largest absolute Gasteiger partial charge is 0.493 e. The molecule has 0 atom stereocenters. The van der Waals surface area contributed by atoms with Gasteiger partial charge in [-0.3, -0.25) is 4.40 Å². The first-order chi connectivity index (χ1) is 13.3. The molecule has 0 unspecified atom stereocenters. The van der Waals surface area contributed by atoms with Crippen molar-refractivity contribution in [3.05, 3.63) is 53.2 Å². The van der Waals surface area contributed by atoms with Crippen LogP contribution in [0.15, 0.2) is 30.7 Å². The molecule has 2 aromatic heterocycles. The van der Waals surface area contributed by atoms with E-state index in [9.17, 15) is 4.39 Å². The minimum atomic E-state index is -0.228. The van der Waals surface area contributed by atoms with Crippen LogP contribution in [0.5, 0.6) is 5.75 Å². The van der Waals surface area contributed by atoms with Gasteiger partial charge in [-0.05, 0) is 29.9 Å². The Morgan fingerprint density at radius 2 is 2.26 bits per heavy atom. The molecule has 0 spiro atoms. The van der Waals surface area contributed by atoms with E-state index < -0.39 is 0 Å². The summed E-state index contributed by atoms with van der Waals surface area (Å²) in [6.45, 7) is 0.930. The fourth-order valence-corrected chi connectivity index (χ4v) is 4.47. The molecular formula is C19H18FN5OS. The highest BCUT2D eigenvalue weighted by Crippen LogP contribution is 2.31. The molecule has 0 saturated heterocycles. The maximum atomic E-state index is 14.4. The lowest BCUT2D eigenvalue weighted by Crippen LogP contribution is -2.10. The highest BCUT2D eigenvalue weighted by atomic mass is 32.2. The Hall–Kier alpha value is -2.61. The van der Waals surface area contributed by atoms with Crippen molar-refractivity contribution in [2.75, 3.05) is 23.4 Å². The molecule has 0 fully saturated rings. The second-order valence-corrected chi connectivity index (χ2v) is 7.68. The molecule has 5 rings (SSSR count). The maximum absolute atomic E-state index is 14.4. The smallest absolute Gasteiger partial charge is 0.210 e. The summed E-state index contributed by atoms with van der Waals surface area (Å²) < 4.78 is 21.7. The lowest BCUT2D eigenvalue weighted by Gasteiger charge is -2.15. The van der Waals surface area contributed by atoms with E-state index in [-0.39, 0.29) is 5.82 Å². The molecule has 0 radical (unpaired) electrons. The number of hydrogen-bond acceptors (Lipinski definition) is 6. The van der Waals surface area contributed by atoms with E-state index in [0.29, 0.717) is 24.7 Å². The van der Waals surface area contributed by atoms with E-state index in [1.165, 1.54) is 11.6 Å². The van der Waals surface area contributed by atoms with Gasteiger partial charge >= 0.3 is 0 Å². The summed E-state index contributed by atoms with van der Waals surface area (Å²) in [5.41, 5.74) is 4.61. The Labute approximate surface area is 159 Å². The zero-order chi connectivity index (χ0) is 18.2. The first kappa shape index (κ1) is 16.6. The van der Waals surface area contributed by atoms with Crippen molar-refractivity contribution in [3.8, 4) is 5.75 Å². The Morgan fingerprint density at radius 1 is 1.30 bits per heavy atom. The lowest BCUT2D eigenvalue weighted by atomic mass is 10.0. The van der Waals surface area contributed by atoms with Gasteiger partial charge in [0.2, 0.25) is 5.95 Å². The molecule has 0 saturated carbocycles. The van der Waals surface area contributed by atoms with E-state index in [0.717, 1.165) is 46.9 Å². The van der Waals surface area contributed by atoms with Gasteiger partial charge in [0.05, 0.1) is 6.61 Å². The topological polar surface area (TPSA) is 64.3 Å². The number of anilines is 1. The van der Waals surface area contributed by atoms with Gasteiger partial charge < -0.3 is 10.1 Å². The van der Waals surface area contributed by atoms with Crippen LogP contribution in [0.4, 0.5) is 10.3 Å². The average molecular weight is 383 g/mol. The van der Waals surface area contributed by atoms with Gasteiger partial charge in [0.25, 0.3) is 0 Å². The monoisotopic (exact) mass is 383 g/mol. The van der Waals surface area contributed by atoms with Crippen molar-refractivity contribution < 1.29 is 9.13 Å². The Balaban J connectivity index is 1.46. The number of aromatic nitrogens is 4. The van der Waals surface area contributed by atoms with Gasteiger partial charge in [-0.15, -0.1) is 10.2 Å². The van der Waals surface area contributed by atoms with Gasteiger partial charge in [0, 0.05) is 41.6 Å². The van der Waals surface area contributed by atoms with Crippen LogP contribution >= 0.6 is 11.8 Å². The summed E-state index contributed by atoms with van der Waals surface area (Å²) in [5, 5.41) is 11.6. The van der Waals surface area contributed by atoms with E-state index >= 15 is 0 Å². The number of nitrogens with one attached hydrogen (secondary N) is 1. The number of hydrogen-bond donors (Lipinski definition) is 1. The highest BCUT2D eigenvalue weighted by Gasteiger charge is 2.20. The second-order valence-electron chi connectivity index (χ2n) is 6.53. The molecule has 6 nitrogen and oxygen atoms in total. The summed E-state index contributed by atoms with van der Waals surface area (Å²) >= 11 is 1.92. The Morgan fingerprint density at radius 3 is 3.15 bits per heavy atom. The molecule has 8 heteroatoms. The SMILES string of the molecule is Fc1ccc2c(c1CNc1ncc(C3=CCSCC3)c3nncn13)CCO2. The number of rotatable bonds is 4. The number of benzene rings is 1. The molecule has 0 bridgehead atoms. The van der Waals surface area contributed by atoms with Gasteiger partial charge in [-0.2, -0.15) is 11.8 Å². The van der Waals surface area contributed by atoms with Crippen molar-refractivity contribution in [2.45, 2.75) is 19.4 Å². The Bertz CT molecular complexity index is 1050. The van der Waals surface area contributed by atoms with Crippen molar-refractivity contribution in [1.29, 1.82) is 0 Å². The van der Waals surface area contributed by atoms with E-state index in [2.05, 4.69) is 26.6 Å². The lowest BCUT2D eigenvalue weighted by molar-refractivity contribution is 0.356. The predicted molar refractivity (Wildman–Crippen MR) is 104 cm³/mol. The molecule has 1 aromatic carbocycles. The molecule has 3 aromatic rings. The third-order valence-corrected chi connectivity index (χ3v) is 5.90. The van der Waals surface area contributed by atoms with Crippen molar-refractivity contribution in [3.63, 3.8) is 0 Å². The van der Waals surface area contributed by atoms with Gasteiger partial charge in [-0.1, -0.05) is 6.08 Å². The predicted octanol–water partition coefficient (Wildman–Crippen LogP) is 3.33. The number of allylic oxidation sites excluding steroid dienone is 1. The van der Waals surface area contributed by atoms with Crippen LogP contribution in [0.25, 0.3) is 11.2 Å². The fourth-order valence-electron chi connectivity index (χ4n) is 3.62. The molecule has 27 heavy (non-hydrogen) atoms. The molecule has 1 N–H and O–H groups in total. The molecule has 0 amide bonds. The summed E-state index contributed by atoms with van der Waals surface area (Å²) in [4.78, 5) is 4.56. The number of fused-ring (bicyclic) bond motifs is 2. The zero-order valence-corrected chi connectivity index (χ0v) is 15.4. The zero-order valence-electron chi connectivity index (χ0n) is 14.6. The molecule has 2 aliphatic rings. The minimum absolute atomic E-state index is 0.228. The first-order valence-corrected chi connectivity index (χ1v) is 10.1. The third kappa shape index (κ3) is 2.93. The number of thioether (sulfide) groups is 1. The van der Waals surface area contributed by atoms with Gasteiger partial charge in [0.15, 0.2) is 5.65 Å². The number of halogens is 1. The summed E-state index contributed by atoms with van der Waals surface area (Å²) in [5.74, 6) is 3.25. The van der Waals surface area contributed by atoms with Crippen molar-refractivity contribution >= 4 is 28.9 Å². The van der Waals surface area contributed by atoms with Crippen LogP contribution in [0, 0.1) is 5.82 Å². The molecular weight excluding hydrogens is 365 g/mol. The fraction of sp³-hybridized carbons (Fsp3) is 0.316. The van der Waals surface area contributed by atoms with E-state index in [4.69, 9.17) is 4.74 Å². The summed E-state index contributed by atoms with van der Waals surface area (Å²) in [6, 6.07) is 3.15. The Kier molecular flexibility index (Phi) is 4.20. The minimum Gasteiger partial charge on any atom is -0.493 e. The number of ether oxygens (including phenoxy) is 1. The van der Waals surface area contributed by atoms with Crippen LogP contribution < -0.4 is 10.1 Å². The van der Waals surface area contributed by atoms with Crippen LogP contribution in [0.1, 0.15) is 23.1 Å².